The van der Waals surface area contributed by atoms with Gasteiger partial charge in [0.15, 0.2) is 0 Å². The number of aromatic nitrogens is 2. The predicted molar refractivity (Wildman–Crippen MR) is 102 cm³/mol. The fraction of sp³-hybridized carbons (Fsp3) is 0.421. The van der Waals surface area contributed by atoms with Crippen molar-refractivity contribution in [3.05, 3.63) is 41.7 Å². The van der Waals surface area contributed by atoms with Gasteiger partial charge in [0.25, 0.3) is 5.91 Å². The zero-order chi connectivity index (χ0) is 18.5. The van der Waals surface area contributed by atoms with Crippen molar-refractivity contribution < 1.29 is 9.53 Å². The van der Waals surface area contributed by atoms with Crippen molar-refractivity contribution in [1.82, 2.24) is 14.9 Å². The van der Waals surface area contributed by atoms with E-state index < -0.39 is 0 Å². The van der Waals surface area contributed by atoms with Gasteiger partial charge in [-0.2, -0.15) is 0 Å². The number of likely N-dealkylation sites (N-methyl/N-ethyl adjacent to an activating group) is 1. The molecule has 1 fully saturated rings. The third-order valence-electron chi connectivity index (χ3n) is 4.53. The lowest BCUT2D eigenvalue weighted by atomic mass is 10.2. The van der Waals surface area contributed by atoms with E-state index in [2.05, 4.69) is 32.0 Å². The molecule has 1 aromatic carbocycles. The number of hydrogen-bond donors (Lipinski definition) is 1. The van der Waals surface area contributed by atoms with Gasteiger partial charge in [-0.1, -0.05) is 6.92 Å². The number of benzene rings is 1. The molecular formula is C19H25N5O2. The smallest absolute Gasteiger partial charge is 0.274 e. The van der Waals surface area contributed by atoms with Crippen molar-refractivity contribution in [3.8, 4) is 5.75 Å². The highest BCUT2D eigenvalue weighted by Gasteiger charge is 2.20. The Labute approximate surface area is 154 Å². The molecule has 0 saturated carbocycles. The molecule has 0 aliphatic carbocycles. The molecule has 138 valence electrons. The highest BCUT2D eigenvalue weighted by atomic mass is 16.5. The number of carbonyl (C=O) groups excluding carboxylic acids is 1. The molecule has 1 aromatic heterocycles. The van der Waals surface area contributed by atoms with Crippen LogP contribution in [0.1, 0.15) is 23.1 Å². The van der Waals surface area contributed by atoms with Gasteiger partial charge in [0.05, 0.1) is 7.11 Å². The number of methoxy groups -OCH3 is 1. The van der Waals surface area contributed by atoms with Gasteiger partial charge >= 0.3 is 0 Å². The van der Waals surface area contributed by atoms with Crippen LogP contribution in [0.2, 0.25) is 0 Å². The molecule has 1 aliphatic rings. The minimum Gasteiger partial charge on any atom is -0.497 e. The summed E-state index contributed by atoms with van der Waals surface area (Å²) in [6.45, 7) is 8.83. The number of rotatable bonds is 5. The molecule has 1 N–H and O–H groups in total. The number of anilines is 2. The lowest BCUT2D eigenvalue weighted by Crippen LogP contribution is -2.47. The fourth-order valence-electron chi connectivity index (χ4n) is 2.94. The standard InChI is InChI=1S/C19H25N5O2/c1-4-23-9-11-24(12-10-23)19-20-14(2)13-17(22-19)18(25)21-15-5-7-16(26-3)8-6-15/h5-8,13H,4,9-12H2,1-3H3,(H,21,25). The van der Waals surface area contributed by atoms with Crippen LogP contribution in [-0.4, -0.2) is 60.6 Å². The minimum atomic E-state index is -0.242. The second kappa shape index (κ2) is 8.14. The number of amides is 1. The van der Waals surface area contributed by atoms with E-state index in [4.69, 9.17) is 4.74 Å². The first-order valence-electron chi connectivity index (χ1n) is 8.87. The molecule has 3 rings (SSSR count). The second-order valence-corrected chi connectivity index (χ2v) is 6.30. The first-order chi connectivity index (χ1) is 12.6. The van der Waals surface area contributed by atoms with Gasteiger partial charge in [-0.25, -0.2) is 9.97 Å². The summed E-state index contributed by atoms with van der Waals surface area (Å²) in [5.74, 6) is 1.13. The summed E-state index contributed by atoms with van der Waals surface area (Å²) in [5, 5.41) is 2.87. The zero-order valence-electron chi connectivity index (χ0n) is 15.5. The average molecular weight is 355 g/mol. The number of hydrogen-bond acceptors (Lipinski definition) is 6. The Morgan fingerprint density at radius 3 is 2.46 bits per heavy atom. The third-order valence-corrected chi connectivity index (χ3v) is 4.53. The first-order valence-corrected chi connectivity index (χ1v) is 8.87. The molecule has 0 bridgehead atoms. The van der Waals surface area contributed by atoms with E-state index >= 15 is 0 Å². The maximum atomic E-state index is 12.6. The van der Waals surface area contributed by atoms with E-state index in [9.17, 15) is 4.79 Å². The summed E-state index contributed by atoms with van der Waals surface area (Å²) in [5.41, 5.74) is 1.86. The largest absolute Gasteiger partial charge is 0.497 e. The lowest BCUT2D eigenvalue weighted by Gasteiger charge is -2.34. The first kappa shape index (κ1) is 18.1. The summed E-state index contributed by atoms with van der Waals surface area (Å²) in [6, 6.07) is 8.93. The van der Waals surface area contributed by atoms with Gasteiger partial charge in [-0.05, 0) is 43.8 Å². The quantitative estimate of drug-likeness (QED) is 0.887. The van der Waals surface area contributed by atoms with E-state index in [0.717, 1.165) is 44.2 Å². The topological polar surface area (TPSA) is 70.6 Å². The summed E-state index contributed by atoms with van der Waals surface area (Å²) in [7, 11) is 1.61. The van der Waals surface area contributed by atoms with E-state index in [1.807, 2.05) is 6.92 Å². The summed E-state index contributed by atoms with van der Waals surface area (Å²) in [4.78, 5) is 26.1. The van der Waals surface area contributed by atoms with Gasteiger partial charge in [-0.3, -0.25) is 4.79 Å². The van der Waals surface area contributed by atoms with Gasteiger partial charge in [0.2, 0.25) is 5.95 Å². The highest BCUT2D eigenvalue weighted by molar-refractivity contribution is 6.03. The summed E-state index contributed by atoms with van der Waals surface area (Å²) < 4.78 is 5.13. The van der Waals surface area contributed by atoms with Crippen LogP contribution in [0.15, 0.2) is 30.3 Å². The van der Waals surface area contributed by atoms with Crippen molar-refractivity contribution in [1.29, 1.82) is 0 Å². The van der Waals surface area contributed by atoms with E-state index in [0.29, 0.717) is 17.3 Å². The molecule has 1 saturated heterocycles. The Balaban J connectivity index is 1.73. The molecule has 1 aliphatic heterocycles. The molecule has 7 heteroatoms. The van der Waals surface area contributed by atoms with Crippen LogP contribution in [0.3, 0.4) is 0 Å². The Morgan fingerprint density at radius 1 is 1.15 bits per heavy atom. The summed E-state index contributed by atoms with van der Waals surface area (Å²) >= 11 is 0. The van der Waals surface area contributed by atoms with Crippen LogP contribution in [-0.2, 0) is 0 Å². The maximum Gasteiger partial charge on any atom is 0.274 e. The average Bonchev–Trinajstić information content (AvgIpc) is 2.68. The normalized spacial score (nSPS) is 15.0. The van der Waals surface area contributed by atoms with E-state index in [1.165, 1.54) is 0 Å². The Bertz CT molecular complexity index is 755. The van der Waals surface area contributed by atoms with E-state index in [1.54, 1.807) is 37.4 Å². The van der Waals surface area contributed by atoms with Crippen LogP contribution in [0, 0.1) is 6.92 Å². The number of nitrogens with one attached hydrogen (secondary N) is 1. The van der Waals surface area contributed by atoms with Crippen molar-refractivity contribution >= 4 is 17.5 Å². The molecule has 7 nitrogen and oxygen atoms in total. The lowest BCUT2D eigenvalue weighted by molar-refractivity contribution is 0.102. The van der Waals surface area contributed by atoms with Crippen LogP contribution in [0.4, 0.5) is 11.6 Å². The van der Waals surface area contributed by atoms with Crippen LogP contribution < -0.4 is 15.0 Å². The summed E-state index contributed by atoms with van der Waals surface area (Å²) in [6.07, 6.45) is 0. The van der Waals surface area contributed by atoms with Crippen molar-refractivity contribution in [2.75, 3.05) is 50.1 Å². The van der Waals surface area contributed by atoms with Crippen molar-refractivity contribution in [3.63, 3.8) is 0 Å². The molecular weight excluding hydrogens is 330 g/mol. The number of carbonyl (C=O) groups is 1. The Kier molecular flexibility index (Phi) is 5.68. The molecule has 0 radical (unpaired) electrons. The number of ether oxygens (including phenoxy) is 1. The van der Waals surface area contributed by atoms with Gasteiger partial charge < -0.3 is 19.9 Å². The number of nitrogens with zero attached hydrogens (tertiary/aromatic N) is 4. The predicted octanol–water partition coefficient (Wildman–Crippen LogP) is 2.19. The number of aryl methyl sites for hydroxylation is 1. The van der Waals surface area contributed by atoms with Gasteiger partial charge in [0.1, 0.15) is 11.4 Å². The van der Waals surface area contributed by atoms with Crippen LogP contribution >= 0.6 is 0 Å². The molecule has 0 spiro atoms. The second-order valence-electron chi connectivity index (χ2n) is 6.30. The fourth-order valence-corrected chi connectivity index (χ4v) is 2.94. The van der Waals surface area contributed by atoms with Crippen LogP contribution in [0.25, 0.3) is 0 Å². The van der Waals surface area contributed by atoms with Crippen molar-refractivity contribution in [2.24, 2.45) is 0 Å². The van der Waals surface area contributed by atoms with Gasteiger partial charge in [-0.15, -0.1) is 0 Å². The molecule has 26 heavy (non-hydrogen) atoms. The monoisotopic (exact) mass is 355 g/mol. The Hall–Kier alpha value is -2.67. The molecule has 2 heterocycles. The Morgan fingerprint density at radius 2 is 1.85 bits per heavy atom. The van der Waals surface area contributed by atoms with E-state index in [-0.39, 0.29) is 5.91 Å². The molecule has 0 unspecified atom stereocenters. The SMILES string of the molecule is CCN1CCN(c2nc(C)cc(C(=O)Nc3ccc(OC)cc3)n2)CC1. The zero-order valence-corrected chi connectivity index (χ0v) is 15.5. The number of piperazine rings is 1. The molecule has 2 aromatic rings. The minimum absolute atomic E-state index is 0.242. The third kappa shape index (κ3) is 4.29. The molecule has 1 amide bonds. The maximum absolute atomic E-state index is 12.6. The van der Waals surface area contributed by atoms with Crippen molar-refractivity contribution in [2.45, 2.75) is 13.8 Å². The molecule has 0 atom stereocenters. The van der Waals surface area contributed by atoms with Gasteiger partial charge in [0, 0.05) is 37.6 Å². The van der Waals surface area contributed by atoms with Crippen LogP contribution in [0.5, 0.6) is 5.75 Å². The highest BCUT2D eigenvalue weighted by Crippen LogP contribution is 2.17.